The van der Waals surface area contributed by atoms with Crippen LogP contribution in [0.3, 0.4) is 0 Å². The van der Waals surface area contributed by atoms with E-state index in [0.717, 1.165) is 15.8 Å². The zero-order chi connectivity index (χ0) is 12.3. The van der Waals surface area contributed by atoms with Gasteiger partial charge in [-0.2, -0.15) is 0 Å². The standard InChI is InChI=1S/C13H14BrNO2/c1-9(13-3-2-6-17-13)15-8-10-7-11(14)4-5-12(10)16/h2-7,9,15-16H,8H2,1H3. The number of phenolic OH excluding ortho intramolecular Hbond substituents is 1. The van der Waals surface area contributed by atoms with Crippen molar-refractivity contribution in [1.29, 1.82) is 0 Å². The molecule has 1 atom stereocenters. The minimum absolute atomic E-state index is 0.114. The van der Waals surface area contributed by atoms with Crippen LogP contribution in [0.25, 0.3) is 0 Å². The monoisotopic (exact) mass is 295 g/mol. The van der Waals surface area contributed by atoms with Gasteiger partial charge in [-0.3, -0.25) is 0 Å². The van der Waals surface area contributed by atoms with Crippen molar-refractivity contribution in [3.8, 4) is 5.75 Å². The van der Waals surface area contributed by atoms with Gasteiger partial charge in [0.05, 0.1) is 12.3 Å². The van der Waals surface area contributed by atoms with Crippen LogP contribution >= 0.6 is 15.9 Å². The molecule has 1 heterocycles. The van der Waals surface area contributed by atoms with Crippen molar-refractivity contribution in [2.45, 2.75) is 19.5 Å². The lowest BCUT2D eigenvalue weighted by Gasteiger charge is -2.12. The summed E-state index contributed by atoms with van der Waals surface area (Å²) in [4.78, 5) is 0. The first-order chi connectivity index (χ1) is 8.16. The lowest BCUT2D eigenvalue weighted by atomic mass is 10.2. The molecule has 0 radical (unpaired) electrons. The smallest absolute Gasteiger partial charge is 0.120 e. The maximum Gasteiger partial charge on any atom is 0.120 e. The molecule has 0 amide bonds. The number of benzene rings is 1. The minimum Gasteiger partial charge on any atom is -0.508 e. The van der Waals surface area contributed by atoms with Crippen molar-refractivity contribution in [1.82, 2.24) is 5.32 Å². The van der Waals surface area contributed by atoms with Crippen LogP contribution in [0.15, 0.2) is 45.5 Å². The average Bonchev–Trinajstić information content (AvgIpc) is 2.83. The molecule has 3 nitrogen and oxygen atoms in total. The molecule has 1 aromatic carbocycles. The number of rotatable bonds is 4. The van der Waals surface area contributed by atoms with Gasteiger partial charge in [-0.15, -0.1) is 0 Å². The SMILES string of the molecule is CC(NCc1cc(Br)ccc1O)c1ccco1. The highest BCUT2D eigenvalue weighted by molar-refractivity contribution is 9.10. The van der Waals surface area contributed by atoms with Gasteiger partial charge in [0.1, 0.15) is 11.5 Å². The molecule has 1 aromatic heterocycles. The Labute approximate surface area is 109 Å². The van der Waals surface area contributed by atoms with Crippen LogP contribution in [0.2, 0.25) is 0 Å². The molecule has 0 aliphatic rings. The van der Waals surface area contributed by atoms with Crippen molar-refractivity contribution in [2.24, 2.45) is 0 Å². The normalized spacial score (nSPS) is 12.6. The summed E-state index contributed by atoms with van der Waals surface area (Å²) in [5, 5.41) is 13.0. The summed E-state index contributed by atoms with van der Waals surface area (Å²) in [6.45, 7) is 2.61. The third-order valence-corrected chi connectivity index (χ3v) is 3.10. The summed E-state index contributed by atoms with van der Waals surface area (Å²) in [5.74, 6) is 1.19. The highest BCUT2D eigenvalue weighted by Crippen LogP contribution is 2.22. The van der Waals surface area contributed by atoms with Crippen LogP contribution in [0.5, 0.6) is 5.75 Å². The Morgan fingerprint density at radius 2 is 2.24 bits per heavy atom. The lowest BCUT2D eigenvalue weighted by molar-refractivity contribution is 0.422. The molecular weight excluding hydrogens is 282 g/mol. The number of furan rings is 1. The highest BCUT2D eigenvalue weighted by Gasteiger charge is 2.09. The summed E-state index contributed by atoms with van der Waals surface area (Å²) < 4.78 is 6.26. The van der Waals surface area contributed by atoms with Crippen LogP contribution in [-0.2, 0) is 6.54 Å². The lowest BCUT2D eigenvalue weighted by Crippen LogP contribution is -2.17. The van der Waals surface area contributed by atoms with E-state index < -0.39 is 0 Å². The van der Waals surface area contributed by atoms with Crippen LogP contribution in [-0.4, -0.2) is 5.11 Å². The molecule has 2 aromatic rings. The summed E-state index contributed by atoms with van der Waals surface area (Å²) in [6, 6.07) is 9.30. The van der Waals surface area contributed by atoms with Crippen molar-refractivity contribution in [3.63, 3.8) is 0 Å². The molecule has 0 saturated carbocycles. The van der Waals surface area contributed by atoms with Crippen LogP contribution < -0.4 is 5.32 Å². The summed E-state index contributed by atoms with van der Waals surface area (Å²) >= 11 is 3.38. The summed E-state index contributed by atoms with van der Waals surface area (Å²) in [6.07, 6.45) is 1.66. The first-order valence-electron chi connectivity index (χ1n) is 5.41. The molecule has 0 spiro atoms. The Kier molecular flexibility index (Phi) is 3.86. The molecule has 4 heteroatoms. The highest BCUT2D eigenvalue weighted by atomic mass is 79.9. The largest absolute Gasteiger partial charge is 0.508 e. The number of nitrogens with one attached hydrogen (secondary N) is 1. The van der Waals surface area contributed by atoms with Crippen LogP contribution in [0, 0.1) is 0 Å². The number of hydrogen-bond donors (Lipinski definition) is 2. The molecule has 0 fully saturated rings. The number of phenols is 1. The van der Waals surface area contributed by atoms with Crippen LogP contribution in [0.1, 0.15) is 24.3 Å². The van der Waals surface area contributed by atoms with Crippen molar-refractivity contribution >= 4 is 15.9 Å². The Morgan fingerprint density at radius 1 is 1.41 bits per heavy atom. The zero-order valence-corrected chi connectivity index (χ0v) is 11.1. The van der Waals surface area contributed by atoms with Gasteiger partial charge >= 0.3 is 0 Å². The number of aromatic hydroxyl groups is 1. The summed E-state index contributed by atoms with van der Waals surface area (Å²) in [7, 11) is 0. The van der Waals surface area contributed by atoms with E-state index in [1.54, 1.807) is 12.3 Å². The first-order valence-corrected chi connectivity index (χ1v) is 6.20. The fourth-order valence-electron chi connectivity index (χ4n) is 1.60. The van der Waals surface area contributed by atoms with Crippen molar-refractivity contribution in [3.05, 3.63) is 52.4 Å². The third-order valence-electron chi connectivity index (χ3n) is 2.61. The molecule has 2 rings (SSSR count). The van der Waals surface area contributed by atoms with E-state index in [2.05, 4.69) is 21.2 Å². The predicted molar refractivity (Wildman–Crippen MR) is 69.8 cm³/mol. The Morgan fingerprint density at radius 3 is 2.94 bits per heavy atom. The van der Waals surface area contributed by atoms with E-state index in [0.29, 0.717) is 12.3 Å². The molecule has 1 unspecified atom stereocenters. The van der Waals surface area contributed by atoms with E-state index in [4.69, 9.17) is 4.42 Å². The maximum absolute atomic E-state index is 9.69. The molecule has 0 aliphatic heterocycles. The van der Waals surface area contributed by atoms with E-state index in [-0.39, 0.29) is 6.04 Å². The molecule has 2 N–H and O–H groups in total. The first kappa shape index (κ1) is 12.2. The topological polar surface area (TPSA) is 45.4 Å². The predicted octanol–water partition coefficient (Wildman–Crippen LogP) is 3.60. The van der Waals surface area contributed by atoms with Gasteiger partial charge in [0, 0.05) is 16.6 Å². The van der Waals surface area contributed by atoms with Crippen molar-refractivity contribution < 1.29 is 9.52 Å². The van der Waals surface area contributed by atoms with Crippen LogP contribution in [0.4, 0.5) is 0 Å². The van der Waals surface area contributed by atoms with Gasteiger partial charge in [-0.05, 0) is 37.3 Å². The maximum atomic E-state index is 9.69. The molecule has 17 heavy (non-hydrogen) atoms. The van der Waals surface area contributed by atoms with E-state index >= 15 is 0 Å². The number of hydrogen-bond acceptors (Lipinski definition) is 3. The van der Waals surface area contributed by atoms with Gasteiger partial charge in [-0.25, -0.2) is 0 Å². The van der Waals surface area contributed by atoms with Crippen molar-refractivity contribution in [2.75, 3.05) is 0 Å². The van der Waals surface area contributed by atoms with E-state index in [1.807, 2.05) is 31.2 Å². The Hall–Kier alpha value is -1.26. The Bertz CT molecular complexity index is 482. The van der Waals surface area contributed by atoms with Gasteiger partial charge in [0.25, 0.3) is 0 Å². The van der Waals surface area contributed by atoms with E-state index in [1.165, 1.54) is 0 Å². The zero-order valence-electron chi connectivity index (χ0n) is 9.48. The fraction of sp³-hybridized carbons (Fsp3) is 0.231. The summed E-state index contributed by atoms with van der Waals surface area (Å²) in [5.41, 5.74) is 0.859. The Balaban J connectivity index is 2.00. The number of halogens is 1. The fourth-order valence-corrected chi connectivity index (χ4v) is 2.01. The third kappa shape index (κ3) is 3.11. The minimum atomic E-state index is 0.114. The van der Waals surface area contributed by atoms with Gasteiger partial charge in [0.2, 0.25) is 0 Å². The van der Waals surface area contributed by atoms with E-state index in [9.17, 15) is 5.11 Å². The second-order valence-corrected chi connectivity index (χ2v) is 4.81. The molecule has 0 aliphatic carbocycles. The van der Waals surface area contributed by atoms with Gasteiger partial charge in [0.15, 0.2) is 0 Å². The quantitative estimate of drug-likeness (QED) is 0.906. The van der Waals surface area contributed by atoms with Gasteiger partial charge < -0.3 is 14.8 Å². The second-order valence-electron chi connectivity index (χ2n) is 3.89. The molecule has 0 bridgehead atoms. The molecule has 90 valence electrons. The second kappa shape index (κ2) is 5.38. The molecular formula is C13H14BrNO2. The average molecular weight is 296 g/mol. The molecule has 0 saturated heterocycles. The van der Waals surface area contributed by atoms with Gasteiger partial charge in [-0.1, -0.05) is 15.9 Å².